The highest BCUT2D eigenvalue weighted by Gasteiger charge is 2.47. The highest BCUT2D eigenvalue weighted by molar-refractivity contribution is 7.21. The van der Waals surface area contributed by atoms with Crippen LogP contribution in [-0.2, 0) is 0 Å². The number of pyridine rings is 1. The Morgan fingerprint density at radius 1 is 0.376 bits per heavy atom. The van der Waals surface area contributed by atoms with E-state index in [0.29, 0.717) is 11.5 Å². The summed E-state index contributed by atoms with van der Waals surface area (Å²) >= 11 is 0. The number of fused-ring (bicyclic) bond motifs is 18. The number of rotatable bonds is 5. The quantitative estimate of drug-likeness (QED) is 0.0979. The molecule has 0 aliphatic carbocycles. The molecule has 8 bridgehead atoms. The molecule has 0 N–H and O–H groups in total. The van der Waals surface area contributed by atoms with E-state index < -0.39 is 8.07 Å². The van der Waals surface area contributed by atoms with Crippen molar-refractivity contribution < 1.29 is 9.30 Å². The van der Waals surface area contributed by atoms with Crippen LogP contribution >= 0.6 is 0 Å². The number of aromatic nitrogens is 5. The minimum absolute atomic E-state index is 0.706. The molecule has 0 atom stereocenters. The molecule has 6 nitrogen and oxygen atoms in total. The van der Waals surface area contributed by atoms with Gasteiger partial charge in [0.25, 0.3) is 6.33 Å². The molecule has 16 aromatic rings. The normalized spacial score (nSPS) is 12.9. The molecule has 2 aliphatic heterocycles. The third-order valence-electron chi connectivity index (χ3n) is 17.9. The summed E-state index contributed by atoms with van der Waals surface area (Å²) < 4.78 is 17.2. The van der Waals surface area contributed by atoms with Crippen LogP contribution in [0.3, 0.4) is 0 Å². The summed E-state index contributed by atoms with van der Waals surface area (Å²) in [6.07, 6.45) is 4.13. The van der Waals surface area contributed by atoms with E-state index in [2.05, 4.69) is 322 Å². The first-order valence-corrected chi connectivity index (χ1v) is 31.0. The Bertz CT molecular complexity index is 5300. The van der Waals surface area contributed by atoms with Gasteiger partial charge >= 0.3 is 0 Å². The van der Waals surface area contributed by atoms with Crippen LogP contribution in [0.1, 0.15) is 0 Å². The highest BCUT2D eigenvalue weighted by Crippen LogP contribution is 2.45. The van der Waals surface area contributed by atoms with E-state index in [4.69, 9.17) is 9.72 Å². The third-order valence-corrected chi connectivity index (χ3v) is 22.8. The van der Waals surface area contributed by atoms with E-state index in [0.717, 1.165) is 111 Å². The predicted octanol–water partition coefficient (Wildman–Crippen LogP) is 15.8. The van der Waals surface area contributed by atoms with Gasteiger partial charge in [-0.15, -0.1) is 0 Å². The molecule has 0 amide bonds. The van der Waals surface area contributed by atoms with Crippen LogP contribution in [0.25, 0.3) is 122 Å². The molecule has 0 fully saturated rings. The van der Waals surface area contributed by atoms with Crippen molar-refractivity contribution in [2.24, 2.45) is 0 Å². The lowest BCUT2D eigenvalue weighted by atomic mass is 9.92. The predicted molar refractivity (Wildman–Crippen MR) is 349 cm³/mol. The summed E-state index contributed by atoms with van der Waals surface area (Å²) in [6, 6.07) is 109. The summed E-state index contributed by atoms with van der Waals surface area (Å²) in [5, 5.41) is 9.70. The maximum Gasteiger partial charge on any atom is 0.269 e. The minimum atomic E-state index is -3.14. The average Bonchev–Trinajstić information content (AvgIpc) is 1.85. The SMILES string of the molecule is [c-]1n2c3c4cccc3[n+]1-c1c(-c3ccccc3)cccc1-c1ccccc1-c1cccc(n1)-n1c3ccc(-c5ccccc5)cc3c3cc(-n5c6ccccc6c6ccccc65)c(cc31)Oc1ccc(c-2c1)[Si]4(c1ccccc1)c1ccccc1. The number of hydrogen-bond acceptors (Lipinski definition) is 2. The second-order valence-electron chi connectivity index (χ2n) is 22.3. The fourth-order valence-electron chi connectivity index (χ4n) is 14.3. The Balaban J connectivity index is 1.02. The average molecular weight is 1100 g/mol. The Morgan fingerprint density at radius 2 is 0.976 bits per heavy atom. The molecule has 0 spiro atoms. The van der Waals surface area contributed by atoms with Gasteiger partial charge in [-0.05, 0) is 109 Å². The lowest BCUT2D eigenvalue weighted by Crippen LogP contribution is -2.76. The van der Waals surface area contributed by atoms with Crippen molar-refractivity contribution in [2.75, 3.05) is 0 Å². The van der Waals surface area contributed by atoms with Crippen molar-refractivity contribution in [1.29, 1.82) is 0 Å². The van der Waals surface area contributed by atoms with Crippen molar-refractivity contribution in [3.8, 4) is 79.0 Å². The molecule has 12 aromatic carbocycles. The first-order valence-electron chi connectivity index (χ1n) is 29.0. The Morgan fingerprint density at radius 3 is 1.72 bits per heavy atom. The van der Waals surface area contributed by atoms with Gasteiger partial charge < -0.3 is 9.30 Å². The summed E-state index contributed by atoms with van der Waals surface area (Å²) in [7, 11) is -3.14. The molecule has 2 aliphatic rings. The number of ether oxygens (including phenoxy) is 1. The van der Waals surface area contributed by atoms with E-state index in [1.807, 2.05) is 0 Å². The largest absolute Gasteiger partial charge is 0.456 e. The standard InChI is InChI=1S/C78H49N5OSi/c1-5-22-51(23-6-1)53-42-44-68-63(46-53)64-48-71(82-66-37-17-15-32-60(66)61-33-16-18-38-67(61)82)73-49-70(64)83(68)76-41-20-36-65(79-76)59-31-14-13-30-58(59)62-35-19-34-57(52-24-7-2-8-25-52)77(62)80-50-81-72-47-54(84-73)43-45-74(72)85(55-26-9-3-10-27-55,56-28-11-4-12-29-56)75-40-21-39-69(80)78(75)81/h1-49H. The minimum Gasteiger partial charge on any atom is -0.456 e. The van der Waals surface area contributed by atoms with Crippen LogP contribution in [-0.4, -0.2) is 26.8 Å². The monoisotopic (exact) mass is 1100 g/mol. The maximum atomic E-state index is 7.74. The molecule has 4 aromatic heterocycles. The van der Waals surface area contributed by atoms with Crippen LogP contribution < -0.4 is 30.1 Å². The maximum absolute atomic E-state index is 7.74. The summed E-state index contributed by atoms with van der Waals surface area (Å²) in [4.78, 5) is 5.75. The summed E-state index contributed by atoms with van der Waals surface area (Å²) in [5.41, 5.74) is 17.9. The second-order valence-corrected chi connectivity index (χ2v) is 26.1. The van der Waals surface area contributed by atoms with Crippen LogP contribution in [0.5, 0.6) is 11.5 Å². The zero-order chi connectivity index (χ0) is 55.7. The number of nitrogens with zero attached hydrogens (tertiary/aromatic N) is 5. The van der Waals surface area contributed by atoms with E-state index >= 15 is 0 Å². The first-order chi connectivity index (χ1) is 42.2. The van der Waals surface area contributed by atoms with Gasteiger partial charge in [0.15, 0.2) is 13.8 Å². The van der Waals surface area contributed by atoms with Crippen molar-refractivity contribution in [3.05, 3.63) is 304 Å². The second kappa shape index (κ2) is 18.4. The molecular weight excluding hydrogens is 1050 g/mol. The molecular formula is C78H49N5OSi. The van der Waals surface area contributed by atoms with Gasteiger partial charge in [0, 0.05) is 33.2 Å². The van der Waals surface area contributed by atoms with E-state index in [1.165, 1.54) is 31.5 Å². The Hall–Kier alpha value is -11.1. The fraction of sp³-hybridized carbons (Fsp3) is 0. The van der Waals surface area contributed by atoms with Crippen molar-refractivity contribution in [2.45, 2.75) is 0 Å². The van der Waals surface area contributed by atoms with Gasteiger partial charge in [0.1, 0.15) is 11.6 Å². The van der Waals surface area contributed by atoms with E-state index in [-0.39, 0.29) is 0 Å². The topological polar surface area (TPSA) is 40.8 Å². The molecule has 85 heavy (non-hydrogen) atoms. The first kappa shape index (κ1) is 47.5. The zero-order valence-corrected chi connectivity index (χ0v) is 46.9. The van der Waals surface area contributed by atoms with Gasteiger partial charge in [0.05, 0.1) is 55.9 Å². The number of hydrogen-bond donors (Lipinski definition) is 0. The van der Waals surface area contributed by atoms with Crippen LogP contribution in [0.4, 0.5) is 0 Å². The van der Waals surface area contributed by atoms with E-state index in [9.17, 15) is 0 Å². The van der Waals surface area contributed by atoms with Crippen LogP contribution in [0.2, 0.25) is 0 Å². The van der Waals surface area contributed by atoms with Crippen LogP contribution in [0.15, 0.2) is 297 Å². The molecule has 396 valence electrons. The summed E-state index contributed by atoms with van der Waals surface area (Å²) in [6.45, 7) is 0. The van der Waals surface area contributed by atoms with Crippen molar-refractivity contribution in [1.82, 2.24) is 18.7 Å². The van der Waals surface area contributed by atoms with Gasteiger partial charge in [-0.1, -0.05) is 237 Å². The number of imidazole rings is 1. The highest BCUT2D eigenvalue weighted by atomic mass is 28.3. The molecule has 7 heteroatoms. The zero-order valence-electron chi connectivity index (χ0n) is 45.9. The van der Waals surface area contributed by atoms with Gasteiger partial charge in [0.2, 0.25) is 0 Å². The lowest BCUT2D eigenvalue weighted by molar-refractivity contribution is -0.571. The number of benzene rings is 12. The van der Waals surface area contributed by atoms with E-state index in [1.54, 1.807) is 0 Å². The van der Waals surface area contributed by atoms with Gasteiger partial charge in [-0.25, -0.2) is 4.98 Å². The van der Waals surface area contributed by atoms with Crippen molar-refractivity contribution in [3.63, 3.8) is 0 Å². The molecule has 6 heterocycles. The Labute approximate surface area is 491 Å². The third kappa shape index (κ3) is 6.93. The molecule has 0 unspecified atom stereocenters. The fourth-order valence-corrected chi connectivity index (χ4v) is 19.4. The lowest BCUT2D eigenvalue weighted by Gasteiger charge is -2.39. The van der Waals surface area contributed by atoms with Gasteiger partial charge in [-0.3, -0.25) is 13.7 Å². The molecule has 0 saturated carbocycles. The molecule has 18 rings (SSSR count). The Kier molecular flexibility index (Phi) is 10.3. The summed E-state index contributed by atoms with van der Waals surface area (Å²) in [5.74, 6) is 2.21. The molecule has 0 saturated heterocycles. The smallest absolute Gasteiger partial charge is 0.269 e. The van der Waals surface area contributed by atoms with Crippen molar-refractivity contribution >= 4 is 83.5 Å². The van der Waals surface area contributed by atoms with Crippen LogP contribution in [0, 0.1) is 6.33 Å². The molecule has 0 radical (unpaired) electrons. The van der Waals surface area contributed by atoms with Gasteiger partial charge in [-0.2, -0.15) is 0 Å². The number of para-hydroxylation sites is 4.